The summed E-state index contributed by atoms with van der Waals surface area (Å²) in [7, 11) is 0. The van der Waals surface area contributed by atoms with Gasteiger partial charge in [-0.3, -0.25) is 15.1 Å². The topological polar surface area (TPSA) is 105 Å². The molecule has 0 radical (unpaired) electrons. The molecular weight excluding hydrogens is 274 g/mol. The normalized spacial score (nSPS) is 11.7. The average molecular weight is 287 g/mol. The largest absolute Gasteiger partial charge is 0.477 e. The molecule has 0 aliphatic heterocycles. The van der Waals surface area contributed by atoms with E-state index in [0.29, 0.717) is 5.69 Å². The highest BCUT2D eigenvalue weighted by molar-refractivity contribution is 5.93. The fourth-order valence-corrected chi connectivity index (χ4v) is 1.91. The van der Waals surface area contributed by atoms with Gasteiger partial charge in [-0.15, -0.1) is 0 Å². The maximum absolute atomic E-state index is 11.1. The summed E-state index contributed by atoms with van der Waals surface area (Å²) in [5.41, 5.74) is 0.487. The third-order valence-corrected chi connectivity index (χ3v) is 2.94. The number of nitrogens with one attached hydrogen (secondary N) is 1. The second-order valence-electron chi connectivity index (χ2n) is 4.41. The SMILES string of the molecule is CC(Nc1ccc([N+](=O)[O-])c(C(=O)O)c1)c1ccccn1. The van der Waals surface area contributed by atoms with E-state index in [9.17, 15) is 14.9 Å². The minimum atomic E-state index is -1.34. The van der Waals surface area contributed by atoms with Gasteiger partial charge in [-0.05, 0) is 31.2 Å². The first-order valence-electron chi connectivity index (χ1n) is 6.18. The summed E-state index contributed by atoms with van der Waals surface area (Å²) in [4.78, 5) is 25.4. The lowest BCUT2D eigenvalue weighted by molar-refractivity contribution is -0.385. The summed E-state index contributed by atoms with van der Waals surface area (Å²) in [6.07, 6.45) is 1.66. The maximum Gasteiger partial charge on any atom is 0.342 e. The number of rotatable bonds is 5. The quantitative estimate of drug-likeness (QED) is 0.647. The van der Waals surface area contributed by atoms with Crippen molar-refractivity contribution >= 4 is 17.3 Å². The van der Waals surface area contributed by atoms with Crippen LogP contribution in [0.5, 0.6) is 0 Å². The van der Waals surface area contributed by atoms with Gasteiger partial charge >= 0.3 is 5.97 Å². The van der Waals surface area contributed by atoms with Crippen molar-refractivity contribution < 1.29 is 14.8 Å². The van der Waals surface area contributed by atoms with Crippen LogP contribution >= 0.6 is 0 Å². The predicted molar refractivity (Wildman–Crippen MR) is 76.3 cm³/mol. The van der Waals surface area contributed by atoms with E-state index >= 15 is 0 Å². The third kappa shape index (κ3) is 3.33. The smallest absolute Gasteiger partial charge is 0.342 e. The summed E-state index contributed by atoms with van der Waals surface area (Å²) < 4.78 is 0. The van der Waals surface area contributed by atoms with Crippen LogP contribution in [0.3, 0.4) is 0 Å². The molecule has 1 atom stereocenters. The molecule has 0 amide bonds. The Bertz CT molecular complexity index is 673. The lowest BCUT2D eigenvalue weighted by Gasteiger charge is -2.15. The molecule has 7 nitrogen and oxygen atoms in total. The molecule has 0 saturated heterocycles. The summed E-state index contributed by atoms with van der Waals surface area (Å²) in [5, 5.41) is 22.9. The average Bonchev–Trinajstić information content (AvgIpc) is 2.47. The van der Waals surface area contributed by atoms with Gasteiger partial charge in [-0.25, -0.2) is 4.79 Å². The molecule has 0 aliphatic rings. The molecular formula is C14H13N3O4. The van der Waals surface area contributed by atoms with E-state index in [0.717, 1.165) is 5.69 Å². The van der Waals surface area contributed by atoms with E-state index in [4.69, 9.17) is 5.11 Å². The van der Waals surface area contributed by atoms with E-state index in [1.807, 2.05) is 19.1 Å². The van der Waals surface area contributed by atoms with Crippen LogP contribution in [0.2, 0.25) is 0 Å². The summed E-state index contributed by atoms with van der Waals surface area (Å²) in [6.45, 7) is 1.87. The number of aromatic carboxylic acids is 1. The van der Waals surface area contributed by atoms with Gasteiger partial charge in [0.15, 0.2) is 0 Å². The summed E-state index contributed by atoms with van der Waals surface area (Å²) >= 11 is 0. The Balaban J connectivity index is 2.27. The molecule has 21 heavy (non-hydrogen) atoms. The van der Waals surface area contributed by atoms with Crippen LogP contribution in [0.15, 0.2) is 42.6 Å². The van der Waals surface area contributed by atoms with E-state index in [1.165, 1.54) is 18.2 Å². The molecule has 7 heteroatoms. The fourth-order valence-electron chi connectivity index (χ4n) is 1.91. The van der Waals surface area contributed by atoms with Crippen LogP contribution in [-0.2, 0) is 0 Å². The molecule has 0 spiro atoms. The molecule has 2 rings (SSSR count). The maximum atomic E-state index is 11.1. The number of benzene rings is 1. The second-order valence-corrected chi connectivity index (χ2v) is 4.41. The van der Waals surface area contributed by atoms with Gasteiger partial charge in [-0.2, -0.15) is 0 Å². The number of hydrogen-bond donors (Lipinski definition) is 2. The summed E-state index contributed by atoms with van der Waals surface area (Å²) in [5.74, 6) is -1.34. The minimum absolute atomic E-state index is 0.158. The fraction of sp³-hybridized carbons (Fsp3) is 0.143. The van der Waals surface area contributed by atoms with Crippen molar-refractivity contribution in [2.24, 2.45) is 0 Å². The van der Waals surface area contributed by atoms with Gasteiger partial charge in [-0.1, -0.05) is 6.07 Å². The molecule has 2 N–H and O–H groups in total. The standard InChI is InChI=1S/C14H13N3O4/c1-9(12-4-2-3-7-15-12)16-10-5-6-13(17(20)21)11(8-10)14(18)19/h2-9,16H,1H3,(H,18,19). The molecule has 1 aromatic carbocycles. The number of nitrogens with zero attached hydrogens (tertiary/aromatic N) is 2. The molecule has 2 aromatic rings. The Morgan fingerprint density at radius 1 is 1.38 bits per heavy atom. The number of carboxylic acids is 1. The van der Waals surface area contributed by atoms with Crippen molar-refractivity contribution in [3.05, 3.63) is 64.0 Å². The highest BCUT2D eigenvalue weighted by Gasteiger charge is 2.20. The van der Waals surface area contributed by atoms with Crippen LogP contribution in [-0.4, -0.2) is 21.0 Å². The third-order valence-electron chi connectivity index (χ3n) is 2.94. The van der Waals surface area contributed by atoms with Gasteiger partial charge in [0.2, 0.25) is 0 Å². The molecule has 1 aromatic heterocycles. The molecule has 108 valence electrons. The zero-order chi connectivity index (χ0) is 15.4. The summed E-state index contributed by atoms with van der Waals surface area (Å²) in [6, 6.07) is 9.22. The number of anilines is 1. The Morgan fingerprint density at radius 3 is 2.71 bits per heavy atom. The van der Waals surface area contributed by atoms with Gasteiger partial charge in [0.1, 0.15) is 5.56 Å². The number of nitro groups is 1. The van der Waals surface area contributed by atoms with Crippen LogP contribution in [0.4, 0.5) is 11.4 Å². The Labute approximate surface area is 120 Å². The number of carbonyl (C=O) groups is 1. The lowest BCUT2D eigenvalue weighted by atomic mass is 10.1. The number of nitro benzene ring substituents is 1. The van der Waals surface area contributed by atoms with Crippen LogP contribution < -0.4 is 5.32 Å². The van der Waals surface area contributed by atoms with Crippen LogP contribution in [0.1, 0.15) is 29.0 Å². The van der Waals surface area contributed by atoms with Gasteiger partial charge in [0.25, 0.3) is 5.69 Å². The number of aromatic nitrogens is 1. The van der Waals surface area contributed by atoms with Crippen molar-refractivity contribution in [2.75, 3.05) is 5.32 Å². The highest BCUT2D eigenvalue weighted by Crippen LogP contribution is 2.25. The molecule has 0 fully saturated rings. The number of hydrogen-bond acceptors (Lipinski definition) is 5. The number of pyridine rings is 1. The van der Waals surface area contributed by atoms with Crippen molar-refractivity contribution in [1.82, 2.24) is 4.98 Å². The second kappa shape index (κ2) is 6.00. The lowest BCUT2D eigenvalue weighted by Crippen LogP contribution is -2.10. The van der Waals surface area contributed by atoms with Gasteiger partial charge < -0.3 is 10.4 Å². The first kappa shape index (κ1) is 14.4. The van der Waals surface area contributed by atoms with Crippen molar-refractivity contribution in [3.8, 4) is 0 Å². The van der Waals surface area contributed by atoms with E-state index < -0.39 is 16.6 Å². The highest BCUT2D eigenvalue weighted by atomic mass is 16.6. The predicted octanol–water partition coefficient (Wildman–Crippen LogP) is 2.86. The van der Waals surface area contributed by atoms with Crippen LogP contribution in [0, 0.1) is 10.1 Å². The van der Waals surface area contributed by atoms with Crippen molar-refractivity contribution in [2.45, 2.75) is 13.0 Å². The first-order chi connectivity index (χ1) is 9.99. The molecule has 0 aliphatic carbocycles. The molecule has 0 saturated carbocycles. The monoisotopic (exact) mass is 287 g/mol. The Kier molecular flexibility index (Phi) is 4.13. The van der Waals surface area contributed by atoms with Gasteiger partial charge in [0, 0.05) is 18.0 Å². The van der Waals surface area contributed by atoms with Crippen molar-refractivity contribution in [1.29, 1.82) is 0 Å². The van der Waals surface area contributed by atoms with E-state index in [-0.39, 0.29) is 11.6 Å². The molecule has 1 unspecified atom stereocenters. The zero-order valence-electron chi connectivity index (χ0n) is 11.2. The first-order valence-corrected chi connectivity index (χ1v) is 6.18. The minimum Gasteiger partial charge on any atom is -0.477 e. The Hall–Kier alpha value is -2.96. The van der Waals surface area contributed by atoms with E-state index in [1.54, 1.807) is 12.3 Å². The zero-order valence-corrected chi connectivity index (χ0v) is 11.2. The van der Waals surface area contributed by atoms with E-state index in [2.05, 4.69) is 10.3 Å². The van der Waals surface area contributed by atoms with Gasteiger partial charge in [0.05, 0.1) is 16.7 Å². The molecule has 1 heterocycles. The number of carboxylic acid groups (broad SMARTS) is 1. The molecule has 0 bridgehead atoms. The van der Waals surface area contributed by atoms with Crippen LogP contribution in [0.25, 0.3) is 0 Å². The Morgan fingerprint density at radius 2 is 2.14 bits per heavy atom. The van der Waals surface area contributed by atoms with Crippen molar-refractivity contribution in [3.63, 3.8) is 0 Å².